The predicted molar refractivity (Wildman–Crippen MR) is 53.5 cm³/mol. The van der Waals surface area contributed by atoms with Gasteiger partial charge in [0.1, 0.15) is 0 Å². The van der Waals surface area contributed by atoms with Crippen LogP contribution in [0, 0.1) is 0 Å². The molecule has 1 fully saturated rings. The molecule has 0 radical (unpaired) electrons. The van der Waals surface area contributed by atoms with Gasteiger partial charge in [-0.1, -0.05) is 6.08 Å². The monoisotopic (exact) mass is 182 g/mol. The molecule has 0 aliphatic carbocycles. The molecule has 74 valence electrons. The molecular weight excluding hydrogens is 164 g/mol. The molecule has 1 atom stereocenters. The van der Waals surface area contributed by atoms with Crippen LogP contribution in [0.2, 0.25) is 0 Å². The quantitative estimate of drug-likeness (QED) is 0.632. The molecule has 0 aromatic carbocycles. The van der Waals surface area contributed by atoms with Crippen molar-refractivity contribution in [3.63, 3.8) is 0 Å². The highest BCUT2D eigenvalue weighted by Crippen LogP contribution is 2.01. The molecule has 1 aliphatic rings. The van der Waals surface area contributed by atoms with E-state index in [1.165, 1.54) is 0 Å². The number of carbonyl (C=O) groups is 1. The van der Waals surface area contributed by atoms with Gasteiger partial charge in [-0.05, 0) is 25.8 Å². The molecule has 1 heterocycles. The van der Waals surface area contributed by atoms with Crippen LogP contribution in [0.5, 0.6) is 0 Å². The maximum atomic E-state index is 11.3. The zero-order chi connectivity index (χ0) is 9.52. The molecule has 13 heavy (non-hydrogen) atoms. The van der Waals surface area contributed by atoms with Gasteiger partial charge in [-0.3, -0.25) is 4.79 Å². The average Bonchev–Trinajstić information content (AvgIpc) is 2.16. The molecule has 1 saturated heterocycles. The van der Waals surface area contributed by atoms with Crippen LogP contribution in [0.4, 0.5) is 0 Å². The second-order valence-corrected chi connectivity index (χ2v) is 3.44. The molecular formula is C10H18N2O. The molecule has 0 aromatic rings. The molecule has 2 N–H and O–H groups in total. The fourth-order valence-electron chi connectivity index (χ4n) is 1.51. The van der Waals surface area contributed by atoms with E-state index in [1.807, 2.05) is 0 Å². The molecule has 1 rings (SSSR count). The van der Waals surface area contributed by atoms with E-state index in [2.05, 4.69) is 17.2 Å². The minimum absolute atomic E-state index is 0.147. The number of amides is 1. The summed E-state index contributed by atoms with van der Waals surface area (Å²) in [5.41, 5.74) is 0. The van der Waals surface area contributed by atoms with Crippen molar-refractivity contribution in [2.24, 2.45) is 0 Å². The Hall–Kier alpha value is -0.830. The lowest BCUT2D eigenvalue weighted by atomic mass is 10.1. The molecule has 0 saturated carbocycles. The van der Waals surface area contributed by atoms with Gasteiger partial charge in [-0.25, -0.2) is 0 Å². The summed E-state index contributed by atoms with van der Waals surface area (Å²) in [4.78, 5) is 11.3. The van der Waals surface area contributed by atoms with Crippen LogP contribution in [-0.2, 0) is 4.79 Å². The first-order chi connectivity index (χ1) is 6.33. The lowest BCUT2D eigenvalue weighted by Gasteiger charge is -2.23. The summed E-state index contributed by atoms with van der Waals surface area (Å²) in [6, 6.07) is 0.339. The van der Waals surface area contributed by atoms with Gasteiger partial charge in [0.25, 0.3) is 0 Å². The van der Waals surface area contributed by atoms with E-state index in [-0.39, 0.29) is 5.91 Å². The van der Waals surface area contributed by atoms with Crippen molar-refractivity contribution in [3.05, 3.63) is 12.7 Å². The van der Waals surface area contributed by atoms with Crippen LogP contribution in [0.1, 0.15) is 25.7 Å². The van der Waals surface area contributed by atoms with E-state index in [0.29, 0.717) is 12.5 Å². The second-order valence-electron chi connectivity index (χ2n) is 3.44. The Balaban J connectivity index is 2.14. The van der Waals surface area contributed by atoms with Gasteiger partial charge in [0, 0.05) is 19.0 Å². The third kappa shape index (κ3) is 4.08. The van der Waals surface area contributed by atoms with Gasteiger partial charge >= 0.3 is 0 Å². The summed E-state index contributed by atoms with van der Waals surface area (Å²) < 4.78 is 0. The van der Waals surface area contributed by atoms with Crippen LogP contribution >= 0.6 is 0 Å². The summed E-state index contributed by atoms with van der Waals surface area (Å²) in [6.07, 6.45) is 5.38. The minimum Gasteiger partial charge on any atom is -0.352 e. The summed E-state index contributed by atoms with van der Waals surface area (Å²) >= 11 is 0. The van der Waals surface area contributed by atoms with Crippen molar-refractivity contribution >= 4 is 5.91 Å². The molecule has 3 nitrogen and oxygen atoms in total. The molecule has 1 aliphatic heterocycles. The lowest BCUT2D eigenvalue weighted by molar-refractivity contribution is -0.121. The molecule has 1 unspecified atom stereocenters. The van der Waals surface area contributed by atoms with Gasteiger partial charge in [0.05, 0.1) is 0 Å². The van der Waals surface area contributed by atoms with Crippen LogP contribution < -0.4 is 10.6 Å². The Morgan fingerprint density at radius 3 is 3.15 bits per heavy atom. The van der Waals surface area contributed by atoms with E-state index >= 15 is 0 Å². The van der Waals surface area contributed by atoms with E-state index < -0.39 is 0 Å². The number of hydrogen-bond acceptors (Lipinski definition) is 2. The second kappa shape index (κ2) is 5.75. The molecule has 3 heteroatoms. The SMILES string of the molecule is C=CCCC(=O)NC1CCCNC1. The molecule has 0 aromatic heterocycles. The zero-order valence-corrected chi connectivity index (χ0v) is 8.01. The number of carbonyl (C=O) groups excluding carboxylic acids is 1. The third-order valence-electron chi connectivity index (χ3n) is 2.24. The largest absolute Gasteiger partial charge is 0.352 e. The smallest absolute Gasteiger partial charge is 0.220 e. The highest BCUT2D eigenvalue weighted by molar-refractivity contribution is 5.76. The highest BCUT2D eigenvalue weighted by atomic mass is 16.1. The lowest BCUT2D eigenvalue weighted by Crippen LogP contribution is -2.45. The Labute approximate surface area is 79.6 Å². The van der Waals surface area contributed by atoms with E-state index in [9.17, 15) is 4.79 Å². The Morgan fingerprint density at radius 1 is 1.69 bits per heavy atom. The van der Waals surface area contributed by atoms with Crippen molar-refractivity contribution in [2.45, 2.75) is 31.7 Å². The van der Waals surface area contributed by atoms with Gasteiger partial charge in [0.2, 0.25) is 5.91 Å². The van der Waals surface area contributed by atoms with Crippen LogP contribution in [0.15, 0.2) is 12.7 Å². The summed E-state index contributed by atoms with van der Waals surface area (Å²) in [5, 5.41) is 6.27. The maximum Gasteiger partial charge on any atom is 0.220 e. The zero-order valence-electron chi connectivity index (χ0n) is 8.01. The summed E-state index contributed by atoms with van der Waals surface area (Å²) in [5.74, 6) is 0.147. The van der Waals surface area contributed by atoms with Crippen LogP contribution in [0.3, 0.4) is 0 Å². The van der Waals surface area contributed by atoms with Gasteiger partial charge in [0.15, 0.2) is 0 Å². The predicted octanol–water partition coefficient (Wildman–Crippen LogP) is 0.821. The average molecular weight is 182 g/mol. The van der Waals surface area contributed by atoms with Crippen LogP contribution in [0.25, 0.3) is 0 Å². The summed E-state index contributed by atoms with van der Waals surface area (Å²) in [7, 11) is 0. The van der Waals surface area contributed by atoms with Gasteiger partial charge in [-0.15, -0.1) is 6.58 Å². The van der Waals surface area contributed by atoms with E-state index in [0.717, 1.165) is 32.4 Å². The first kappa shape index (κ1) is 10.3. The maximum absolute atomic E-state index is 11.3. The molecule has 1 amide bonds. The molecule has 0 spiro atoms. The van der Waals surface area contributed by atoms with Crippen molar-refractivity contribution in [3.8, 4) is 0 Å². The number of nitrogens with one attached hydrogen (secondary N) is 2. The minimum atomic E-state index is 0.147. The molecule has 0 bridgehead atoms. The highest BCUT2D eigenvalue weighted by Gasteiger charge is 2.14. The topological polar surface area (TPSA) is 41.1 Å². The number of allylic oxidation sites excluding steroid dienone is 1. The van der Waals surface area contributed by atoms with Gasteiger partial charge < -0.3 is 10.6 Å². The number of hydrogen-bond donors (Lipinski definition) is 2. The first-order valence-electron chi connectivity index (χ1n) is 4.94. The summed E-state index contributed by atoms with van der Waals surface area (Å²) in [6.45, 7) is 5.59. The number of rotatable bonds is 4. The fourth-order valence-corrected chi connectivity index (χ4v) is 1.51. The van der Waals surface area contributed by atoms with Crippen molar-refractivity contribution in [2.75, 3.05) is 13.1 Å². The Kier molecular flexibility index (Phi) is 4.54. The van der Waals surface area contributed by atoms with Crippen molar-refractivity contribution < 1.29 is 4.79 Å². The van der Waals surface area contributed by atoms with Crippen molar-refractivity contribution in [1.82, 2.24) is 10.6 Å². The van der Waals surface area contributed by atoms with Gasteiger partial charge in [-0.2, -0.15) is 0 Å². The van der Waals surface area contributed by atoms with E-state index in [4.69, 9.17) is 0 Å². The fraction of sp³-hybridized carbons (Fsp3) is 0.700. The third-order valence-corrected chi connectivity index (χ3v) is 2.24. The van der Waals surface area contributed by atoms with Crippen LogP contribution in [-0.4, -0.2) is 25.0 Å². The Morgan fingerprint density at radius 2 is 2.54 bits per heavy atom. The van der Waals surface area contributed by atoms with Crippen molar-refractivity contribution in [1.29, 1.82) is 0 Å². The van der Waals surface area contributed by atoms with E-state index in [1.54, 1.807) is 6.08 Å². The first-order valence-corrected chi connectivity index (χ1v) is 4.94. The Bertz CT molecular complexity index is 174. The number of piperidine rings is 1. The normalized spacial score (nSPS) is 22.3. The standard InChI is InChI=1S/C10H18N2O/c1-2-3-6-10(13)12-9-5-4-7-11-8-9/h2,9,11H,1,3-8H2,(H,12,13).